The van der Waals surface area contributed by atoms with Crippen LogP contribution >= 0.6 is 0 Å². The van der Waals surface area contributed by atoms with E-state index in [1.54, 1.807) is 0 Å². The van der Waals surface area contributed by atoms with Crippen LogP contribution in [0.4, 0.5) is 0 Å². The van der Waals surface area contributed by atoms with Crippen LogP contribution in [0.15, 0.2) is 47.3 Å². The molecule has 0 fully saturated rings. The van der Waals surface area contributed by atoms with Crippen molar-refractivity contribution in [3.05, 3.63) is 80.6 Å². The van der Waals surface area contributed by atoms with Gasteiger partial charge < -0.3 is 9.88 Å². The minimum atomic E-state index is 0.174. The van der Waals surface area contributed by atoms with Crippen LogP contribution in [0.1, 0.15) is 34.9 Å². The van der Waals surface area contributed by atoms with Crippen molar-refractivity contribution >= 4 is 10.9 Å². The Hall–Kier alpha value is -2.39. The van der Waals surface area contributed by atoms with Crippen LogP contribution in [0, 0.1) is 20.8 Å². The maximum Gasteiger partial charge on any atom is 0.198 e. The molecule has 1 unspecified atom stereocenters. The zero-order valence-electron chi connectivity index (χ0n) is 15.6. The first-order chi connectivity index (χ1) is 12.0. The Labute approximate surface area is 149 Å². The third-order valence-corrected chi connectivity index (χ3v) is 5.24. The molecule has 0 aliphatic rings. The fourth-order valence-electron chi connectivity index (χ4n) is 3.42. The molecule has 3 rings (SSSR count). The van der Waals surface area contributed by atoms with E-state index in [0.717, 1.165) is 47.4 Å². The number of aromatic nitrogens is 1. The van der Waals surface area contributed by atoms with Crippen LogP contribution < -0.4 is 10.3 Å². The quantitative estimate of drug-likeness (QED) is 0.739. The van der Waals surface area contributed by atoms with Crippen molar-refractivity contribution in [3.8, 4) is 0 Å². The molecule has 1 aromatic heterocycles. The molecule has 3 heteroatoms. The normalized spacial score (nSPS) is 12.5. The zero-order chi connectivity index (χ0) is 18.0. The second-order valence-electron chi connectivity index (χ2n) is 6.93. The summed E-state index contributed by atoms with van der Waals surface area (Å²) in [5.74, 6) is 0. The molecule has 1 heterocycles. The first-order valence-corrected chi connectivity index (χ1v) is 9.00. The first kappa shape index (κ1) is 17.4. The summed E-state index contributed by atoms with van der Waals surface area (Å²) in [6.45, 7) is 11.0. The van der Waals surface area contributed by atoms with Crippen molar-refractivity contribution < 1.29 is 4.90 Å². The van der Waals surface area contributed by atoms with Crippen molar-refractivity contribution in [3.63, 3.8) is 0 Å². The fraction of sp³-hybridized carbons (Fsp3) is 0.318. The van der Waals surface area contributed by atoms with Crippen molar-refractivity contribution in [1.82, 2.24) is 4.98 Å². The van der Waals surface area contributed by atoms with Crippen LogP contribution in [0.25, 0.3) is 10.9 Å². The van der Waals surface area contributed by atoms with Gasteiger partial charge in [0.25, 0.3) is 0 Å². The molecule has 3 nitrogen and oxygen atoms in total. The van der Waals surface area contributed by atoms with Gasteiger partial charge in [-0.3, -0.25) is 4.79 Å². The molecule has 0 amide bonds. The van der Waals surface area contributed by atoms with E-state index in [-0.39, 0.29) is 5.43 Å². The molecule has 1 atom stereocenters. The number of nitrogens with one attached hydrogen (secondary N) is 2. The molecule has 2 aromatic carbocycles. The van der Waals surface area contributed by atoms with Gasteiger partial charge in [0.2, 0.25) is 0 Å². The summed E-state index contributed by atoms with van der Waals surface area (Å²) in [6.07, 6.45) is 0. The molecule has 0 radical (unpaired) electrons. The Bertz CT molecular complexity index is 942. The largest absolute Gasteiger partial charge is 0.358 e. The standard InChI is InChI=1S/C22H26N2O/c1-5-24(13-18-9-7-6-8-10-18)14-20-17(4)23-21-16(3)15(2)11-12-19(21)22(20)25/h6-12H,5,13-14H2,1-4H3,(H,23,25)/p+1. The molecule has 0 aliphatic heterocycles. The molecular weight excluding hydrogens is 308 g/mol. The lowest BCUT2D eigenvalue weighted by Crippen LogP contribution is -3.09. The van der Waals surface area contributed by atoms with Crippen LogP contribution in [-0.2, 0) is 13.1 Å². The Balaban J connectivity index is 1.98. The third-order valence-electron chi connectivity index (χ3n) is 5.24. The number of rotatable bonds is 5. The predicted molar refractivity (Wildman–Crippen MR) is 104 cm³/mol. The van der Waals surface area contributed by atoms with E-state index < -0.39 is 0 Å². The average molecular weight is 335 g/mol. The van der Waals surface area contributed by atoms with Crippen LogP contribution in [0.5, 0.6) is 0 Å². The topological polar surface area (TPSA) is 37.3 Å². The van der Waals surface area contributed by atoms with Crippen molar-refractivity contribution in [2.75, 3.05) is 6.54 Å². The fourth-order valence-corrected chi connectivity index (χ4v) is 3.42. The van der Waals surface area contributed by atoms with Crippen LogP contribution in [0.3, 0.4) is 0 Å². The molecule has 0 spiro atoms. The lowest BCUT2D eigenvalue weighted by atomic mass is 10.0. The van der Waals surface area contributed by atoms with Crippen LogP contribution in [0.2, 0.25) is 0 Å². The van der Waals surface area contributed by atoms with Crippen LogP contribution in [-0.4, -0.2) is 11.5 Å². The van der Waals surface area contributed by atoms with E-state index >= 15 is 0 Å². The molecule has 130 valence electrons. The highest BCUT2D eigenvalue weighted by atomic mass is 16.1. The number of H-pyrrole nitrogens is 1. The molecule has 2 N–H and O–H groups in total. The van der Waals surface area contributed by atoms with E-state index in [1.807, 2.05) is 25.1 Å². The van der Waals surface area contributed by atoms with Gasteiger partial charge in [-0.2, -0.15) is 0 Å². The summed E-state index contributed by atoms with van der Waals surface area (Å²) in [5.41, 5.74) is 6.73. The van der Waals surface area contributed by atoms with Gasteiger partial charge >= 0.3 is 0 Å². The maximum atomic E-state index is 13.1. The summed E-state index contributed by atoms with van der Waals surface area (Å²) < 4.78 is 0. The summed E-state index contributed by atoms with van der Waals surface area (Å²) in [6, 6.07) is 14.5. The van der Waals surface area contributed by atoms with E-state index in [2.05, 4.69) is 50.0 Å². The monoisotopic (exact) mass is 335 g/mol. The number of quaternary nitrogens is 1. The summed E-state index contributed by atoms with van der Waals surface area (Å²) in [7, 11) is 0. The Morgan fingerprint density at radius 2 is 1.68 bits per heavy atom. The number of hydrogen-bond donors (Lipinski definition) is 2. The first-order valence-electron chi connectivity index (χ1n) is 9.00. The number of hydrogen-bond acceptors (Lipinski definition) is 1. The highest BCUT2D eigenvalue weighted by Crippen LogP contribution is 2.18. The minimum absolute atomic E-state index is 0.174. The van der Waals surface area contributed by atoms with E-state index in [4.69, 9.17) is 0 Å². The van der Waals surface area contributed by atoms with Gasteiger partial charge in [0.15, 0.2) is 5.43 Å². The number of pyridine rings is 1. The van der Waals surface area contributed by atoms with Gasteiger partial charge in [-0.05, 0) is 44.9 Å². The minimum Gasteiger partial charge on any atom is -0.358 e. The smallest absolute Gasteiger partial charge is 0.198 e. The Kier molecular flexibility index (Phi) is 5.05. The van der Waals surface area contributed by atoms with E-state index in [9.17, 15) is 4.79 Å². The molecule has 3 aromatic rings. The Morgan fingerprint density at radius 3 is 2.36 bits per heavy atom. The second kappa shape index (κ2) is 7.24. The van der Waals surface area contributed by atoms with Gasteiger partial charge in [0.1, 0.15) is 13.1 Å². The van der Waals surface area contributed by atoms with Gasteiger partial charge in [-0.25, -0.2) is 0 Å². The molecular formula is C22H27N2O+. The second-order valence-corrected chi connectivity index (χ2v) is 6.93. The van der Waals surface area contributed by atoms with E-state index in [1.165, 1.54) is 16.0 Å². The number of aryl methyl sites for hydroxylation is 3. The molecule has 0 aliphatic carbocycles. The molecule has 25 heavy (non-hydrogen) atoms. The number of benzene rings is 2. The third kappa shape index (κ3) is 3.52. The SMILES string of the molecule is CC[NH+](Cc1ccccc1)Cc1c(C)[nH]c2c(C)c(C)ccc2c1=O. The molecule has 0 bridgehead atoms. The molecule has 0 saturated carbocycles. The predicted octanol–water partition coefficient (Wildman–Crippen LogP) is 3.06. The van der Waals surface area contributed by atoms with Gasteiger partial charge in [-0.1, -0.05) is 36.4 Å². The summed E-state index contributed by atoms with van der Waals surface area (Å²) in [4.78, 5) is 18.0. The molecule has 0 saturated heterocycles. The summed E-state index contributed by atoms with van der Waals surface area (Å²) in [5, 5.41) is 0.805. The van der Waals surface area contributed by atoms with Gasteiger partial charge in [0.05, 0.1) is 17.6 Å². The van der Waals surface area contributed by atoms with Gasteiger partial charge in [0, 0.05) is 16.6 Å². The van der Waals surface area contributed by atoms with Crippen molar-refractivity contribution in [1.29, 1.82) is 0 Å². The van der Waals surface area contributed by atoms with Gasteiger partial charge in [-0.15, -0.1) is 0 Å². The zero-order valence-corrected chi connectivity index (χ0v) is 15.6. The lowest BCUT2D eigenvalue weighted by molar-refractivity contribution is -0.925. The number of aromatic amines is 1. The lowest BCUT2D eigenvalue weighted by Gasteiger charge is -2.19. The maximum absolute atomic E-state index is 13.1. The summed E-state index contributed by atoms with van der Waals surface area (Å²) >= 11 is 0. The van der Waals surface area contributed by atoms with E-state index in [0.29, 0.717) is 0 Å². The van der Waals surface area contributed by atoms with Crippen molar-refractivity contribution in [2.24, 2.45) is 0 Å². The number of fused-ring (bicyclic) bond motifs is 1. The highest BCUT2D eigenvalue weighted by molar-refractivity contribution is 5.83. The Morgan fingerprint density at radius 1 is 0.960 bits per heavy atom. The average Bonchev–Trinajstić information content (AvgIpc) is 2.62. The highest BCUT2D eigenvalue weighted by Gasteiger charge is 2.16. The van der Waals surface area contributed by atoms with Crippen molar-refractivity contribution in [2.45, 2.75) is 40.8 Å².